The highest BCUT2D eigenvalue weighted by Gasteiger charge is 2.42. The summed E-state index contributed by atoms with van der Waals surface area (Å²) in [7, 11) is 6.00. The summed E-state index contributed by atoms with van der Waals surface area (Å²) >= 11 is 0. The van der Waals surface area contributed by atoms with Gasteiger partial charge in [0.1, 0.15) is 0 Å². The van der Waals surface area contributed by atoms with Crippen LogP contribution in [0.4, 0.5) is 0 Å². The lowest BCUT2D eigenvalue weighted by Crippen LogP contribution is -2.60. The Morgan fingerprint density at radius 1 is 1.45 bits per heavy atom. The second kappa shape index (κ2) is 5.18. The van der Waals surface area contributed by atoms with Gasteiger partial charge in [0, 0.05) is 44.5 Å². The van der Waals surface area contributed by atoms with Crippen LogP contribution in [-0.2, 0) is 16.6 Å². The molecule has 0 spiro atoms. The van der Waals surface area contributed by atoms with Gasteiger partial charge in [-0.05, 0) is 20.5 Å². The zero-order chi connectivity index (χ0) is 14.3. The summed E-state index contributed by atoms with van der Waals surface area (Å²) in [5.74, 6) is 0.178. The minimum absolute atomic E-state index is 0.0534. The molecule has 3 heterocycles. The van der Waals surface area contributed by atoms with Gasteiger partial charge in [-0.3, -0.25) is 9.48 Å². The van der Waals surface area contributed by atoms with Crippen molar-refractivity contribution in [3.63, 3.8) is 0 Å². The normalized spacial score (nSPS) is 27.1. The predicted octanol–water partition coefficient (Wildman–Crippen LogP) is 0.270. The minimum Gasteiger partial charge on any atom is -0.373 e. The maximum atomic E-state index is 12.6. The molecule has 20 heavy (non-hydrogen) atoms. The molecule has 0 aromatic carbocycles. The molecular weight excluding hydrogens is 256 g/mol. The van der Waals surface area contributed by atoms with Crippen LogP contribution in [0.5, 0.6) is 0 Å². The third-order valence-corrected chi connectivity index (χ3v) is 4.37. The number of likely N-dealkylation sites (tertiary alicyclic amines) is 1. The zero-order valence-electron chi connectivity index (χ0n) is 12.3. The smallest absolute Gasteiger partial charge is 0.228 e. The predicted molar refractivity (Wildman–Crippen MR) is 74.1 cm³/mol. The van der Waals surface area contributed by atoms with E-state index in [1.165, 1.54) is 0 Å². The van der Waals surface area contributed by atoms with E-state index in [9.17, 15) is 4.79 Å². The summed E-state index contributed by atoms with van der Waals surface area (Å²) < 4.78 is 7.52. The first-order chi connectivity index (χ1) is 9.56. The topological polar surface area (TPSA) is 50.6 Å². The van der Waals surface area contributed by atoms with Crippen molar-refractivity contribution in [2.24, 2.45) is 13.0 Å². The molecule has 110 valence electrons. The van der Waals surface area contributed by atoms with Crippen molar-refractivity contribution in [3.05, 3.63) is 18.0 Å². The molecule has 1 aromatic heterocycles. The first kappa shape index (κ1) is 13.6. The van der Waals surface area contributed by atoms with Gasteiger partial charge in [0.2, 0.25) is 5.91 Å². The average molecular weight is 278 g/mol. The second-order valence-electron chi connectivity index (χ2n) is 5.99. The number of aryl methyl sites for hydroxylation is 1. The number of likely N-dealkylation sites (N-methyl/N-ethyl adjacent to an activating group) is 1. The fraction of sp³-hybridized carbons (Fsp3) is 0.714. The zero-order valence-corrected chi connectivity index (χ0v) is 12.3. The van der Waals surface area contributed by atoms with Gasteiger partial charge in [0.15, 0.2) is 0 Å². The van der Waals surface area contributed by atoms with E-state index in [0.717, 1.165) is 25.1 Å². The van der Waals surface area contributed by atoms with Crippen molar-refractivity contribution in [2.75, 3.05) is 33.8 Å². The number of nitrogens with zero attached hydrogens (tertiary/aromatic N) is 4. The van der Waals surface area contributed by atoms with E-state index in [0.29, 0.717) is 12.6 Å². The van der Waals surface area contributed by atoms with Crippen LogP contribution in [0.15, 0.2) is 12.4 Å². The van der Waals surface area contributed by atoms with E-state index in [1.54, 1.807) is 10.9 Å². The molecule has 2 aliphatic rings. The Hall–Kier alpha value is -1.40. The summed E-state index contributed by atoms with van der Waals surface area (Å²) in [6, 6.07) is 0.498. The molecule has 1 amide bonds. The highest BCUT2D eigenvalue weighted by atomic mass is 16.5. The number of ether oxygens (including phenoxy) is 1. The van der Waals surface area contributed by atoms with Crippen LogP contribution < -0.4 is 0 Å². The molecule has 1 aromatic rings. The van der Waals surface area contributed by atoms with E-state index in [2.05, 4.69) is 24.1 Å². The second-order valence-corrected chi connectivity index (χ2v) is 5.99. The number of carbonyl (C=O) groups excluding carboxylic acids is 1. The molecule has 2 atom stereocenters. The lowest BCUT2D eigenvalue weighted by molar-refractivity contribution is -0.144. The fourth-order valence-corrected chi connectivity index (χ4v) is 2.95. The molecule has 0 aliphatic carbocycles. The van der Waals surface area contributed by atoms with Gasteiger partial charge >= 0.3 is 0 Å². The van der Waals surface area contributed by atoms with Gasteiger partial charge in [-0.15, -0.1) is 0 Å². The fourth-order valence-electron chi connectivity index (χ4n) is 2.95. The molecule has 6 nitrogen and oxygen atoms in total. The molecular formula is C14H22N4O2. The molecule has 2 aliphatic heterocycles. The average Bonchev–Trinajstić information content (AvgIpc) is 2.93. The number of carbonyl (C=O) groups is 1. The van der Waals surface area contributed by atoms with Crippen molar-refractivity contribution in [1.82, 2.24) is 19.6 Å². The van der Waals surface area contributed by atoms with Crippen LogP contribution in [0.1, 0.15) is 18.1 Å². The number of hydrogen-bond acceptors (Lipinski definition) is 4. The van der Waals surface area contributed by atoms with Crippen molar-refractivity contribution < 1.29 is 9.53 Å². The third kappa shape index (κ3) is 2.33. The Morgan fingerprint density at radius 3 is 2.80 bits per heavy atom. The summed E-state index contributed by atoms with van der Waals surface area (Å²) in [5, 5.41) is 4.17. The van der Waals surface area contributed by atoms with E-state index >= 15 is 0 Å². The molecule has 2 fully saturated rings. The van der Waals surface area contributed by atoms with E-state index in [4.69, 9.17) is 4.74 Å². The monoisotopic (exact) mass is 278 g/mol. The number of rotatable bonds is 3. The molecule has 0 N–H and O–H groups in total. The van der Waals surface area contributed by atoms with Crippen LogP contribution >= 0.6 is 0 Å². The molecule has 0 radical (unpaired) electrons. The largest absolute Gasteiger partial charge is 0.373 e. The van der Waals surface area contributed by atoms with E-state index < -0.39 is 0 Å². The Labute approximate surface area is 119 Å². The SMILES string of the molecule is CN(C)C1CN(C(=O)[C@H]2CCO[C@@H]2c2cnn(C)c2)C1. The molecule has 0 bridgehead atoms. The van der Waals surface area contributed by atoms with Gasteiger partial charge in [0.05, 0.1) is 18.2 Å². The Bertz CT molecular complexity index is 493. The Balaban J connectivity index is 1.66. The summed E-state index contributed by atoms with van der Waals surface area (Å²) in [5.41, 5.74) is 1.01. The van der Waals surface area contributed by atoms with Crippen LogP contribution in [0, 0.1) is 5.92 Å². The maximum Gasteiger partial charge on any atom is 0.228 e. The Morgan fingerprint density at radius 2 is 2.20 bits per heavy atom. The summed E-state index contributed by atoms with van der Waals surface area (Å²) in [6.07, 6.45) is 4.42. The maximum absolute atomic E-state index is 12.6. The summed E-state index contributed by atoms with van der Waals surface area (Å²) in [4.78, 5) is 16.7. The third-order valence-electron chi connectivity index (χ3n) is 4.37. The van der Waals surface area contributed by atoms with Crippen LogP contribution in [0.3, 0.4) is 0 Å². The quantitative estimate of drug-likeness (QED) is 0.796. The van der Waals surface area contributed by atoms with Gasteiger partial charge in [-0.2, -0.15) is 5.10 Å². The van der Waals surface area contributed by atoms with Crippen molar-refractivity contribution in [2.45, 2.75) is 18.6 Å². The molecule has 3 rings (SSSR count). The highest BCUT2D eigenvalue weighted by Crippen LogP contribution is 2.36. The Kier molecular flexibility index (Phi) is 3.52. The van der Waals surface area contributed by atoms with Crippen molar-refractivity contribution in [3.8, 4) is 0 Å². The van der Waals surface area contributed by atoms with Gasteiger partial charge in [0.25, 0.3) is 0 Å². The summed E-state index contributed by atoms with van der Waals surface area (Å²) in [6.45, 7) is 2.32. The lowest BCUT2D eigenvalue weighted by Gasteiger charge is -2.44. The minimum atomic E-state index is -0.130. The first-order valence-electron chi connectivity index (χ1n) is 7.11. The van der Waals surface area contributed by atoms with Crippen LogP contribution in [0.2, 0.25) is 0 Å². The van der Waals surface area contributed by atoms with Gasteiger partial charge in [-0.1, -0.05) is 0 Å². The van der Waals surface area contributed by atoms with Crippen LogP contribution in [-0.4, -0.2) is 65.3 Å². The number of amides is 1. The van der Waals surface area contributed by atoms with Gasteiger partial charge < -0.3 is 14.5 Å². The molecule has 6 heteroatoms. The van der Waals surface area contributed by atoms with Crippen LogP contribution in [0.25, 0.3) is 0 Å². The highest BCUT2D eigenvalue weighted by molar-refractivity contribution is 5.80. The number of aromatic nitrogens is 2. The molecule has 2 saturated heterocycles. The van der Waals surface area contributed by atoms with E-state index in [1.807, 2.05) is 18.1 Å². The van der Waals surface area contributed by atoms with Crippen molar-refractivity contribution in [1.29, 1.82) is 0 Å². The molecule has 0 unspecified atom stereocenters. The van der Waals surface area contributed by atoms with Crippen molar-refractivity contribution >= 4 is 5.91 Å². The standard InChI is InChI=1S/C14H22N4O2/c1-16(2)11-8-18(9-11)14(19)12-4-5-20-13(12)10-6-15-17(3)7-10/h6-7,11-13H,4-5,8-9H2,1-3H3/t12-,13+/m0/s1. The molecule has 0 saturated carbocycles. The number of hydrogen-bond donors (Lipinski definition) is 0. The van der Waals surface area contributed by atoms with E-state index in [-0.39, 0.29) is 17.9 Å². The lowest BCUT2D eigenvalue weighted by atomic mass is 9.93. The van der Waals surface area contributed by atoms with Gasteiger partial charge in [-0.25, -0.2) is 0 Å². The first-order valence-corrected chi connectivity index (χ1v) is 7.11.